The van der Waals surface area contributed by atoms with E-state index in [0.29, 0.717) is 14.9 Å². The number of rotatable bonds is 4. The predicted octanol–water partition coefficient (Wildman–Crippen LogP) is 5.72. The maximum absolute atomic E-state index is 13.1. The monoisotopic (exact) mass is 449 g/mol. The zero-order valence-corrected chi connectivity index (χ0v) is 18.8. The van der Waals surface area contributed by atoms with Crippen molar-refractivity contribution in [3.8, 4) is 5.69 Å². The van der Waals surface area contributed by atoms with Gasteiger partial charge in [0, 0.05) is 29.2 Å². The number of anilines is 1. The van der Waals surface area contributed by atoms with E-state index in [-0.39, 0.29) is 11.6 Å². The normalized spacial score (nSPS) is 15.2. The molecule has 0 unspecified atom stereocenters. The Morgan fingerprint density at radius 1 is 1.03 bits per heavy atom. The molecule has 0 atom stereocenters. The van der Waals surface area contributed by atoms with Crippen molar-refractivity contribution in [2.45, 2.75) is 20.8 Å². The van der Waals surface area contributed by atoms with Gasteiger partial charge < -0.3 is 4.57 Å². The largest absolute Gasteiger partial charge is 0.318 e. The topological polar surface area (TPSA) is 68.4 Å². The van der Waals surface area contributed by atoms with Crippen LogP contribution in [0.2, 0.25) is 0 Å². The summed E-state index contributed by atoms with van der Waals surface area (Å²) in [6.45, 7) is 6.09. The Bertz CT molecular complexity index is 1260. The van der Waals surface area contributed by atoms with Gasteiger partial charge in [-0.1, -0.05) is 47.7 Å². The first-order valence-corrected chi connectivity index (χ1v) is 10.8. The molecule has 0 bridgehead atoms. The molecule has 0 saturated carbocycles. The first kappa shape index (κ1) is 21.0. The average molecular weight is 450 g/mol. The molecule has 0 radical (unpaired) electrons. The molecule has 4 rings (SSSR count). The number of hydrogen-bond donors (Lipinski definition) is 0. The molecule has 3 aromatic rings. The maximum atomic E-state index is 13.1. The quantitative estimate of drug-likeness (QED) is 0.221. The third-order valence-corrected chi connectivity index (χ3v) is 6.44. The number of nitrogens with zero attached hydrogens (tertiary/aromatic N) is 3. The van der Waals surface area contributed by atoms with Crippen LogP contribution in [0.5, 0.6) is 0 Å². The van der Waals surface area contributed by atoms with Gasteiger partial charge in [0.05, 0.1) is 15.5 Å². The summed E-state index contributed by atoms with van der Waals surface area (Å²) < 4.78 is 2.50. The second-order valence-electron chi connectivity index (χ2n) is 7.29. The molecule has 8 heteroatoms. The van der Waals surface area contributed by atoms with E-state index in [1.807, 2.05) is 32.9 Å². The minimum absolute atomic E-state index is 0.0860. The van der Waals surface area contributed by atoms with Gasteiger partial charge >= 0.3 is 0 Å². The second kappa shape index (κ2) is 8.13. The first-order valence-electron chi connectivity index (χ1n) is 9.54. The average Bonchev–Trinajstić information content (AvgIpc) is 3.17. The van der Waals surface area contributed by atoms with Crippen molar-refractivity contribution in [2.24, 2.45) is 0 Å². The second-order valence-corrected chi connectivity index (χ2v) is 8.97. The zero-order chi connectivity index (χ0) is 22.3. The van der Waals surface area contributed by atoms with E-state index >= 15 is 0 Å². The Hall–Kier alpha value is -3.23. The Morgan fingerprint density at radius 2 is 1.74 bits per heavy atom. The fourth-order valence-electron chi connectivity index (χ4n) is 3.60. The van der Waals surface area contributed by atoms with Crippen LogP contribution < -0.4 is 4.90 Å². The van der Waals surface area contributed by atoms with E-state index in [2.05, 4.69) is 28.8 Å². The number of non-ortho nitro benzene ring substituents is 1. The number of carbonyl (C=O) groups is 1. The molecule has 31 heavy (non-hydrogen) atoms. The van der Waals surface area contributed by atoms with Crippen molar-refractivity contribution < 1.29 is 9.72 Å². The lowest BCUT2D eigenvalue weighted by Gasteiger charge is -2.14. The lowest BCUT2D eigenvalue weighted by molar-refractivity contribution is -0.384. The molecule has 1 amide bonds. The predicted molar refractivity (Wildman–Crippen MR) is 129 cm³/mol. The summed E-state index contributed by atoms with van der Waals surface area (Å²) in [6.07, 6.45) is 1.84. The third kappa shape index (κ3) is 3.92. The van der Waals surface area contributed by atoms with Crippen LogP contribution in [0.3, 0.4) is 0 Å². The van der Waals surface area contributed by atoms with Gasteiger partial charge in [-0.25, -0.2) is 0 Å². The van der Waals surface area contributed by atoms with Crippen LogP contribution >= 0.6 is 24.0 Å². The van der Waals surface area contributed by atoms with Gasteiger partial charge in [0.15, 0.2) is 4.32 Å². The zero-order valence-electron chi connectivity index (χ0n) is 17.2. The fraction of sp³-hybridized carbons (Fsp3) is 0.130. The summed E-state index contributed by atoms with van der Waals surface area (Å²) in [6, 6.07) is 16.2. The molecule has 1 aromatic heterocycles. The van der Waals surface area contributed by atoms with Gasteiger partial charge in [0.25, 0.3) is 11.6 Å². The number of thioether (sulfide) groups is 1. The minimum Gasteiger partial charge on any atom is -0.318 e. The highest BCUT2D eigenvalue weighted by atomic mass is 32.2. The van der Waals surface area contributed by atoms with Crippen molar-refractivity contribution in [2.75, 3.05) is 4.90 Å². The molecule has 156 valence electrons. The van der Waals surface area contributed by atoms with Crippen LogP contribution in [-0.2, 0) is 4.79 Å². The van der Waals surface area contributed by atoms with Crippen LogP contribution in [0.15, 0.2) is 59.5 Å². The molecule has 1 aliphatic heterocycles. The van der Waals surface area contributed by atoms with Crippen LogP contribution in [0, 0.1) is 30.9 Å². The highest BCUT2D eigenvalue weighted by Crippen LogP contribution is 2.37. The summed E-state index contributed by atoms with van der Waals surface area (Å²) in [4.78, 5) is 25.5. The Morgan fingerprint density at radius 3 is 2.42 bits per heavy atom. The molecular formula is C23H19N3O3S2. The number of nitro groups is 1. The van der Waals surface area contributed by atoms with Crippen molar-refractivity contribution in [3.63, 3.8) is 0 Å². The Balaban J connectivity index is 1.69. The number of benzene rings is 2. The number of aromatic nitrogens is 1. The SMILES string of the molecule is Cc1ccc(-n2c(C)cc(/C=C3\SC(=S)N(c4cccc([N+](=O)[O-])c4)C3=O)c2C)cc1. The molecule has 1 saturated heterocycles. The van der Waals surface area contributed by atoms with E-state index in [0.717, 1.165) is 22.6 Å². The lowest BCUT2D eigenvalue weighted by atomic mass is 10.2. The highest BCUT2D eigenvalue weighted by molar-refractivity contribution is 8.27. The molecule has 1 fully saturated rings. The molecule has 0 aliphatic carbocycles. The van der Waals surface area contributed by atoms with Gasteiger partial charge in [-0.3, -0.25) is 19.8 Å². The standard InChI is InChI=1S/C23H19N3O3S2/c1-14-7-9-18(10-8-14)24-15(2)11-17(16(24)3)12-21-22(27)25(23(30)31-21)19-5-4-6-20(13-19)26(28)29/h4-13H,1-3H3/b21-12-. The number of hydrogen-bond acceptors (Lipinski definition) is 5. The minimum atomic E-state index is -0.489. The molecule has 2 aromatic carbocycles. The van der Waals surface area contributed by atoms with Crippen LogP contribution in [0.1, 0.15) is 22.5 Å². The summed E-state index contributed by atoms with van der Waals surface area (Å²) in [5, 5.41) is 11.1. The summed E-state index contributed by atoms with van der Waals surface area (Å²) >= 11 is 6.60. The van der Waals surface area contributed by atoms with Gasteiger partial charge in [0.1, 0.15) is 0 Å². The van der Waals surface area contributed by atoms with E-state index < -0.39 is 4.92 Å². The number of nitro benzene ring substituents is 1. The van der Waals surface area contributed by atoms with Crippen LogP contribution in [0.4, 0.5) is 11.4 Å². The van der Waals surface area contributed by atoms with E-state index in [1.54, 1.807) is 12.1 Å². The molecule has 1 aliphatic rings. The molecule has 2 heterocycles. The highest BCUT2D eigenvalue weighted by Gasteiger charge is 2.34. The van der Waals surface area contributed by atoms with Crippen LogP contribution in [-0.4, -0.2) is 19.7 Å². The third-order valence-electron chi connectivity index (χ3n) is 5.14. The first-order chi connectivity index (χ1) is 14.8. The van der Waals surface area contributed by atoms with Gasteiger partial charge in [-0.15, -0.1) is 0 Å². The Labute approximate surface area is 189 Å². The number of thiocarbonyl (C=S) groups is 1. The number of amides is 1. The van der Waals surface area contributed by atoms with E-state index in [4.69, 9.17) is 12.2 Å². The lowest BCUT2D eigenvalue weighted by Crippen LogP contribution is -2.27. The summed E-state index contributed by atoms with van der Waals surface area (Å²) in [7, 11) is 0. The van der Waals surface area contributed by atoms with Crippen molar-refractivity contribution >= 4 is 51.7 Å². The maximum Gasteiger partial charge on any atom is 0.271 e. The van der Waals surface area contributed by atoms with Gasteiger partial charge in [-0.05, 0) is 56.7 Å². The molecular weight excluding hydrogens is 430 g/mol. The fourth-order valence-corrected chi connectivity index (χ4v) is 4.89. The molecule has 0 spiro atoms. The van der Waals surface area contributed by atoms with E-state index in [1.165, 1.54) is 34.4 Å². The smallest absolute Gasteiger partial charge is 0.271 e. The molecule has 6 nitrogen and oxygen atoms in total. The van der Waals surface area contributed by atoms with E-state index in [9.17, 15) is 14.9 Å². The van der Waals surface area contributed by atoms with Crippen molar-refractivity contribution in [1.29, 1.82) is 0 Å². The van der Waals surface area contributed by atoms with Crippen molar-refractivity contribution in [1.82, 2.24) is 4.57 Å². The molecule has 0 N–H and O–H groups in total. The van der Waals surface area contributed by atoms with Crippen LogP contribution in [0.25, 0.3) is 11.8 Å². The Kier molecular flexibility index (Phi) is 5.51. The summed E-state index contributed by atoms with van der Waals surface area (Å²) in [5.74, 6) is -0.282. The van der Waals surface area contributed by atoms with Gasteiger partial charge in [-0.2, -0.15) is 0 Å². The number of aryl methyl sites for hydroxylation is 2. The number of carbonyl (C=O) groups excluding carboxylic acids is 1. The van der Waals surface area contributed by atoms with Crippen molar-refractivity contribution in [3.05, 3.63) is 92.1 Å². The van der Waals surface area contributed by atoms with Gasteiger partial charge in [0.2, 0.25) is 0 Å². The summed E-state index contributed by atoms with van der Waals surface area (Å²) in [5.41, 5.74) is 5.56.